The highest BCUT2D eigenvalue weighted by Crippen LogP contribution is 2.17. The van der Waals surface area contributed by atoms with Gasteiger partial charge in [0.2, 0.25) is 0 Å². The van der Waals surface area contributed by atoms with Gasteiger partial charge in [-0.3, -0.25) is 9.48 Å². The zero-order chi connectivity index (χ0) is 15.4. The van der Waals surface area contributed by atoms with E-state index in [-0.39, 0.29) is 23.5 Å². The first-order valence-electron chi connectivity index (χ1n) is 7.26. The Morgan fingerprint density at radius 3 is 3.09 bits per heavy atom. The maximum atomic E-state index is 12.5. The summed E-state index contributed by atoms with van der Waals surface area (Å²) in [5.41, 5.74) is 0.0854. The number of pyridine rings is 1. The molecule has 2 aromatic rings. The summed E-state index contributed by atoms with van der Waals surface area (Å²) in [6, 6.07) is 4.92. The molecule has 0 spiro atoms. The van der Waals surface area contributed by atoms with E-state index in [4.69, 9.17) is 4.74 Å². The number of aromatic hydroxyl groups is 1. The van der Waals surface area contributed by atoms with Crippen molar-refractivity contribution < 1.29 is 14.6 Å². The number of aromatic nitrogens is 3. The third kappa shape index (κ3) is 3.25. The van der Waals surface area contributed by atoms with Gasteiger partial charge in [0, 0.05) is 38.3 Å². The second-order valence-corrected chi connectivity index (χ2v) is 5.20. The van der Waals surface area contributed by atoms with E-state index >= 15 is 0 Å². The highest BCUT2D eigenvalue weighted by atomic mass is 16.5. The van der Waals surface area contributed by atoms with Gasteiger partial charge in [0.25, 0.3) is 5.91 Å². The molecule has 0 aliphatic carbocycles. The second-order valence-electron chi connectivity index (χ2n) is 5.20. The Hall–Kier alpha value is -2.41. The van der Waals surface area contributed by atoms with Crippen molar-refractivity contribution in [3.8, 4) is 5.75 Å². The summed E-state index contributed by atoms with van der Waals surface area (Å²) in [6.45, 7) is 2.23. The average molecular weight is 302 g/mol. The first-order chi connectivity index (χ1) is 10.7. The van der Waals surface area contributed by atoms with Gasteiger partial charge in [0.15, 0.2) is 5.69 Å². The largest absolute Gasteiger partial charge is 0.505 e. The fourth-order valence-electron chi connectivity index (χ4n) is 2.52. The van der Waals surface area contributed by atoms with Crippen LogP contribution in [0.3, 0.4) is 0 Å². The number of hydrogen-bond donors (Lipinski definition) is 1. The molecular weight excluding hydrogens is 284 g/mol. The number of hydrogen-bond acceptors (Lipinski definition) is 5. The van der Waals surface area contributed by atoms with Gasteiger partial charge in [-0.15, -0.1) is 0 Å². The van der Waals surface area contributed by atoms with Crippen LogP contribution in [0.15, 0.2) is 36.8 Å². The summed E-state index contributed by atoms with van der Waals surface area (Å²) in [7, 11) is 0. The van der Waals surface area contributed by atoms with Crippen molar-refractivity contribution in [2.45, 2.75) is 19.1 Å². The highest BCUT2D eigenvalue weighted by molar-refractivity contribution is 5.94. The third-order valence-electron chi connectivity index (χ3n) is 3.58. The average Bonchev–Trinajstić information content (AvgIpc) is 2.91. The molecule has 1 N–H and O–H groups in total. The SMILES string of the molecule is O=C(c1ncccc1O)N1CCCOC(Cn2cccn2)C1. The molecule has 1 atom stereocenters. The summed E-state index contributed by atoms with van der Waals surface area (Å²) in [5, 5.41) is 14.0. The molecule has 0 bridgehead atoms. The predicted molar refractivity (Wildman–Crippen MR) is 78.4 cm³/mol. The summed E-state index contributed by atoms with van der Waals surface area (Å²) in [6.07, 6.45) is 5.71. The molecule has 116 valence electrons. The van der Waals surface area contributed by atoms with Crippen LogP contribution in [0.1, 0.15) is 16.9 Å². The summed E-state index contributed by atoms with van der Waals surface area (Å²) >= 11 is 0. The fourth-order valence-corrected chi connectivity index (χ4v) is 2.52. The Balaban J connectivity index is 1.72. The van der Waals surface area contributed by atoms with Crippen molar-refractivity contribution in [3.63, 3.8) is 0 Å². The lowest BCUT2D eigenvalue weighted by Crippen LogP contribution is -2.39. The lowest BCUT2D eigenvalue weighted by atomic mass is 10.2. The van der Waals surface area contributed by atoms with Crippen LogP contribution in [-0.4, -0.2) is 56.5 Å². The molecule has 7 nitrogen and oxygen atoms in total. The van der Waals surface area contributed by atoms with Gasteiger partial charge < -0.3 is 14.7 Å². The van der Waals surface area contributed by atoms with Crippen molar-refractivity contribution in [3.05, 3.63) is 42.5 Å². The topological polar surface area (TPSA) is 80.5 Å². The quantitative estimate of drug-likeness (QED) is 0.911. The number of rotatable bonds is 3. The Labute approximate surface area is 128 Å². The molecule has 0 aromatic carbocycles. The number of carbonyl (C=O) groups excluding carboxylic acids is 1. The standard InChI is InChI=1S/C15H18N4O3/c20-13-4-1-5-16-14(13)15(21)18-7-3-9-22-12(10-18)11-19-8-2-6-17-19/h1-2,4-6,8,12,20H,3,7,9-11H2. The molecule has 2 aromatic heterocycles. The molecule has 3 rings (SSSR count). The highest BCUT2D eigenvalue weighted by Gasteiger charge is 2.26. The lowest BCUT2D eigenvalue weighted by molar-refractivity contribution is 0.0364. The van der Waals surface area contributed by atoms with E-state index < -0.39 is 0 Å². The maximum Gasteiger partial charge on any atom is 0.276 e. The Morgan fingerprint density at radius 2 is 2.32 bits per heavy atom. The van der Waals surface area contributed by atoms with E-state index in [2.05, 4.69) is 10.1 Å². The van der Waals surface area contributed by atoms with Crippen molar-refractivity contribution in [1.82, 2.24) is 19.7 Å². The summed E-state index contributed by atoms with van der Waals surface area (Å²) < 4.78 is 7.57. The van der Waals surface area contributed by atoms with Crippen molar-refractivity contribution in [1.29, 1.82) is 0 Å². The zero-order valence-corrected chi connectivity index (χ0v) is 12.1. The number of nitrogens with zero attached hydrogens (tertiary/aromatic N) is 4. The first-order valence-corrected chi connectivity index (χ1v) is 7.26. The smallest absolute Gasteiger partial charge is 0.276 e. The van der Waals surface area contributed by atoms with Crippen LogP contribution in [0.25, 0.3) is 0 Å². The van der Waals surface area contributed by atoms with E-state index in [0.29, 0.717) is 26.2 Å². The summed E-state index contributed by atoms with van der Waals surface area (Å²) in [5.74, 6) is -0.365. The predicted octanol–water partition coefficient (Wildman–Crippen LogP) is 0.915. The van der Waals surface area contributed by atoms with Crippen LogP contribution in [0.2, 0.25) is 0 Å². The van der Waals surface area contributed by atoms with Gasteiger partial charge in [0.1, 0.15) is 5.75 Å². The van der Waals surface area contributed by atoms with Crippen LogP contribution >= 0.6 is 0 Å². The van der Waals surface area contributed by atoms with Crippen LogP contribution in [0, 0.1) is 0 Å². The van der Waals surface area contributed by atoms with Crippen molar-refractivity contribution in [2.75, 3.05) is 19.7 Å². The molecule has 0 saturated carbocycles. The van der Waals surface area contributed by atoms with Gasteiger partial charge in [-0.05, 0) is 24.6 Å². The normalized spacial score (nSPS) is 18.9. The molecule has 1 fully saturated rings. The first kappa shape index (κ1) is 14.5. The van der Waals surface area contributed by atoms with Crippen LogP contribution in [-0.2, 0) is 11.3 Å². The molecule has 0 radical (unpaired) electrons. The van der Waals surface area contributed by atoms with E-state index in [1.54, 1.807) is 21.8 Å². The van der Waals surface area contributed by atoms with Crippen LogP contribution in [0.4, 0.5) is 0 Å². The monoisotopic (exact) mass is 302 g/mol. The van der Waals surface area contributed by atoms with Crippen LogP contribution in [0.5, 0.6) is 5.75 Å². The minimum absolute atomic E-state index is 0.0854. The molecule has 7 heteroatoms. The van der Waals surface area contributed by atoms with E-state index in [0.717, 1.165) is 6.42 Å². The summed E-state index contributed by atoms with van der Waals surface area (Å²) in [4.78, 5) is 18.2. The third-order valence-corrected chi connectivity index (χ3v) is 3.58. The van der Waals surface area contributed by atoms with Crippen molar-refractivity contribution in [2.24, 2.45) is 0 Å². The fraction of sp³-hybridized carbons (Fsp3) is 0.400. The zero-order valence-electron chi connectivity index (χ0n) is 12.1. The minimum Gasteiger partial charge on any atom is -0.505 e. The van der Waals surface area contributed by atoms with Gasteiger partial charge >= 0.3 is 0 Å². The van der Waals surface area contributed by atoms with E-state index in [9.17, 15) is 9.90 Å². The minimum atomic E-state index is -0.269. The van der Waals surface area contributed by atoms with Gasteiger partial charge in [-0.2, -0.15) is 5.10 Å². The molecule has 1 saturated heterocycles. The number of ether oxygens (including phenoxy) is 1. The lowest BCUT2D eigenvalue weighted by Gasteiger charge is -2.23. The Bertz CT molecular complexity index is 629. The molecule has 1 aliphatic heterocycles. The van der Waals surface area contributed by atoms with E-state index in [1.807, 2.05) is 12.3 Å². The second kappa shape index (κ2) is 6.57. The molecular formula is C15H18N4O3. The Kier molecular flexibility index (Phi) is 4.34. The van der Waals surface area contributed by atoms with Gasteiger partial charge in [0.05, 0.1) is 12.6 Å². The van der Waals surface area contributed by atoms with Gasteiger partial charge in [-0.25, -0.2) is 4.98 Å². The molecule has 1 aliphatic rings. The number of carbonyl (C=O) groups is 1. The molecule has 22 heavy (non-hydrogen) atoms. The number of amides is 1. The van der Waals surface area contributed by atoms with E-state index in [1.165, 1.54) is 12.3 Å². The van der Waals surface area contributed by atoms with Gasteiger partial charge in [-0.1, -0.05) is 0 Å². The molecule has 3 heterocycles. The Morgan fingerprint density at radius 1 is 1.41 bits per heavy atom. The molecule has 1 amide bonds. The van der Waals surface area contributed by atoms with Crippen molar-refractivity contribution >= 4 is 5.91 Å². The molecule has 1 unspecified atom stereocenters. The maximum absolute atomic E-state index is 12.5. The van der Waals surface area contributed by atoms with Crippen LogP contribution < -0.4 is 0 Å².